The molecule has 0 unspecified atom stereocenters. The highest BCUT2D eigenvalue weighted by molar-refractivity contribution is 5.95. The summed E-state index contributed by atoms with van der Waals surface area (Å²) in [6.45, 7) is 0.604. The van der Waals surface area contributed by atoms with Crippen LogP contribution in [0.4, 0.5) is 5.69 Å². The average Bonchev–Trinajstić information content (AvgIpc) is 2.73. The van der Waals surface area contributed by atoms with Gasteiger partial charge >= 0.3 is 0 Å². The van der Waals surface area contributed by atoms with Gasteiger partial charge in [0.15, 0.2) is 0 Å². The molecule has 0 spiro atoms. The number of anilines is 1. The van der Waals surface area contributed by atoms with Crippen molar-refractivity contribution in [2.45, 2.75) is 51.4 Å². The van der Waals surface area contributed by atoms with E-state index in [-0.39, 0.29) is 17.2 Å². The van der Waals surface area contributed by atoms with Gasteiger partial charge in [0, 0.05) is 24.2 Å². The minimum atomic E-state index is -0.0811. The molecule has 2 aromatic carbocycles. The molecule has 4 aliphatic carbocycles. The zero-order valence-electron chi connectivity index (χ0n) is 18.1. The molecule has 2 amide bonds. The van der Waals surface area contributed by atoms with Crippen LogP contribution in [-0.2, 0) is 11.2 Å². The maximum absolute atomic E-state index is 12.8. The van der Waals surface area contributed by atoms with Crippen LogP contribution < -0.4 is 10.6 Å². The van der Waals surface area contributed by atoms with E-state index in [0.29, 0.717) is 18.5 Å². The molecular formula is C27H32N2O2. The summed E-state index contributed by atoms with van der Waals surface area (Å²) in [6, 6.07) is 17.4. The predicted octanol–water partition coefficient (Wildman–Crippen LogP) is 5.20. The lowest BCUT2D eigenvalue weighted by molar-refractivity contribution is -0.124. The fraction of sp³-hybridized carbons (Fsp3) is 0.481. The van der Waals surface area contributed by atoms with Crippen LogP contribution in [0.15, 0.2) is 54.6 Å². The van der Waals surface area contributed by atoms with Crippen LogP contribution in [0.1, 0.15) is 60.9 Å². The number of carbonyl (C=O) groups excluding carboxylic acids is 2. The highest BCUT2D eigenvalue weighted by Gasteiger charge is 2.51. The van der Waals surface area contributed by atoms with Crippen LogP contribution in [0.25, 0.3) is 0 Å². The van der Waals surface area contributed by atoms with Crippen molar-refractivity contribution in [3.63, 3.8) is 0 Å². The van der Waals surface area contributed by atoms with E-state index in [4.69, 9.17) is 0 Å². The van der Waals surface area contributed by atoms with E-state index in [1.807, 2.05) is 30.3 Å². The molecule has 0 radical (unpaired) electrons. The summed E-state index contributed by atoms with van der Waals surface area (Å²) in [5, 5.41) is 6.04. The average molecular weight is 417 g/mol. The predicted molar refractivity (Wildman–Crippen MR) is 123 cm³/mol. The van der Waals surface area contributed by atoms with Crippen molar-refractivity contribution >= 4 is 17.5 Å². The second-order valence-electron chi connectivity index (χ2n) is 10.2. The Kier molecular flexibility index (Phi) is 5.56. The molecule has 2 N–H and O–H groups in total. The molecule has 31 heavy (non-hydrogen) atoms. The highest BCUT2D eigenvalue weighted by atomic mass is 16.2. The first kappa shape index (κ1) is 20.3. The van der Waals surface area contributed by atoms with Gasteiger partial charge in [0.25, 0.3) is 5.91 Å². The van der Waals surface area contributed by atoms with Crippen LogP contribution in [0.5, 0.6) is 0 Å². The topological polar surface area (TPSA) is 58.2 Å². The molecule has 4 saturated carbocycles. The summed E-state index contributed by atoms with van der Waals surface area (Å²) < 4.78 is 0. The van der Waals surface area contributed by atoms with Crippen molar-refractivity contribution in [1.82, 2.24) is 5.32 Å². The molecule has 6 rings (SSSR count). The molecule has 0 atom stereocenters. The van der Waals surface area contributed by atoms with Crippen molar-refractivity contribution in [3.05, 3.63) is 65.7 Å². The summed E-state index contributed by atoms with van der Waals surface area (Å²) in [7, 11) is 0. The van der Waals surface area contributed by atoms with Crippen LogP contribution in [0, 0.1) is 23.2 Å². The van der Waals surface area contributed by atoms with Crippen LogP contribution in [0.2, 0.25) is 0 Å². The molecular weight excluding hydrogens is 384 g/mol. The number of rotatable bonds is 7. The van der Waals surface area contributed by atoms with Crippen LogP contribution >= 0.6 is 0 Å². The van der Waals surface area contributed by atoms with Crippen molar-refractivity contribution in [3.8, 4) is 0 Å². The molecule has 4 bridgehead atoms. The standard InChI is InChI=1S/C27H32N2O2/c30-25(18-27-15-20-12-21(16-27)14-22(13-20)17-27)29-24-8-6-23(7-9-24)26(31)28-11-10-19-4-2-1-3-5-19/h1-9,20-22H,10-18H2,(H,28,31)(H,29,30). The first-order valence-electron chi connectivity index (χ1n) is 11.8. The third-order valence-electron chi connectivity index (χ3n) is 7.67. The quantitative estimate of drug-likeness (QED) is 0.651. The van der Waals surface area contributed by atoms with Gasteiger partial charge in [0.05, 0.1) is 0 Å². The molecule has 4 nitrogen and oxygen atoms in total. The normalized spacial score (nSPS) is 28.3. The van der Waals surface area contributed by atoms with E-state index in [0.717, 1.165) is 29.9 Å². The molecule has 2 aromatic rings. The number of benzene rings is 2. The van der Waals surface area contributed by atoms with E-state index in [9.17, 15) is 9.59 Å². The lowest BCUT2D eigenvalue weighted by atomic mass is 9.49. The SMILES string of the molecule is O=C(CC12CC3CC(CC(C3)C1)C2)Nc1ccc(C(=O)NCCc2ccccc2)cc1. The van der Waals surface area contributed by atoms with Crippen molar-refractivity contribution in [2.24, 2.45) is 23.2 Å². The second-order valence-corrected chi connectivity index (χ2v) is 10.2. The third-order valence-corrected chi connectivity index (χ3v) is 7.67. The van der Waals surface area contributed by atoms with Crippen LogP contribution in [-0.4, -0.2) is 18.4 Å². The maximum atomic E-state index is 12.8. The van der Waals surface area contributed by atoms with E-state index >= 15 is 0 Å². The highest BCUT2D eigenvalue weighted by Crippen LogP contribution is 2.61. The van der Waals surface area contributed by atoms with Gasteiger partial charge in [-0.1, -0.05) is 30.3 Å². The minimum absolute atomic E-state index is 0.0811. The number of hydrogen-bond donors (Lipinski definition) is 2. The molecule has 162 valence electrons. The van der Waals surface area contributed by atoms with Gasteiger partial charge in [-0.15, -0.1) is 0 Å². The minimum Gasteiger partial charge on any atom is -0.352 e. The molecule has 0 aromatic heterocycles. The lowest BCUT2D eigenvalue weighted by Crippen LogP contribution is -2.47. The number of nitrogens with one attached hydrogen (secondary N) is 2. The van der Waals surface area contributed by atoms with E-state index in [2.05, 4.69) is 22.8 Å². The van der Waals surface area contributed by atoms with E-state index in [1.54, 1.807) is 12.1 Å². The van der Waals surface area contributed by atoms with Crippen molar-refractivity contribution in [1.29, 1.82) is 0 Å². The largest absolute Gasteiger partial charge is 0.352 e. The van der Waals surface area contributed by atoms with Gasteiger partial charge in [-0.2, -0.15) is 0 Å². The summed E-state index contributed by atoms with van der Waals surface area (Å²) in [6.07, 6.45) is 9.39. The van der Waals surface area contributed by atoms with Gasteiger partial charge in [-0.3, -0.25) is 9.59 Å². The number of hydrogen-bond acceptors (Lipinski definition) is 2. The molecule has 4 fully saturated rings. The Bertz CT molecular complexity index is 900. The number of carbonyl (C=O) groups is 2. The Morgan fingerprint density at radius 2 is 1.45 bits per heavy atom. The Morgan fingerprint density at radius 3 is 2.06 bits per heavy atom. The van der Waals surface area contributed by atoms with Gasteiger partial charge < -0.3 is 10.6 Å². The first-order chi connectivity index (χ1) is 15.1. The maximum Gasteiger partial charge on any atom is 0.251 e. The van der Waals surface area contributed by atoms with Gasteiger partial charge in [0.1, 0.15) is 0 Å². The van der Waals surface area contributed by atoms with Crippen LogP contribution in [0.3, 0.4) is 0 Å². The summed E-state index contributed by atoms with van der Waals surface area (Å²) in [5.41, 5.74) is 2.85. The number of amides is 2. The Morgan fingerprint density at radius 1 is 0.839 bits per heavy atom. The molecule has 4 heteroatoms. The van der Waals surface area contributed by atoms with Crippen molar-refractivity contribution in [2.75, 3.05) is 11.9 Å². The third kappa shape index (κ3) is 4.68. The molecule has 0 saturated heterocycles. The summed E-state index contributed by atoms with van der Waals surface area (Å²) >= 11 is 0. The first-order valence-corrected chi connectivity index (χ1v) is 11.8. The molecule has 0 aliphatic heterocycles. The second kappa shape index (κ2) is 8.49. The Hall–Kier alpha value is -2.62. The lowest BCUT2D eigenvalue weighted by Gasteiger charge is -2.56. The molecule has 0 heterocycles. The zero-order chi connectivity index (χ0) is 21.3. The smallest absolute Gasteiger partial charge is 0.251 e. The monoisotopic (exact) mass is 416 g/mol. The Balaban J connectivity index is 1.11. The van der Waals surface area contributed by atoms with E-state index in [1.165, 1.54) is 44.1 Å². The van der Waals surface area contributed by atoms with Gasteiger partial charge in [0.2, 0.25) is 5.91 Å². The fourth-order valence-corrected chi connectivity index (χ4v) is 6.82. The zero-order valence-corrected chi connectivity index (χ0v) is 18.1. The Labute approximate surface area is 184 Å². The summed E-state index contributed by atoms with van der Waals surface area (Å²) in [4.78, 5) is 25.2. The summed E-state index contributed by atoms with van der Waals surface area (Å²) in [5.74, 6) is 2.63. The van der Waals surface area contributed by atoms with Gasteiger partial charge in [-0.05, 0) is 97.9 Å². The van der Waals surface area contributed by atoms with Gasteiger partial charge in [-0.25, -0.2) is 0 Å². The van der Waals surface area contributed by atoms with Crippen molar-refractivity contribution < 1.29 is 9.59 Å². The molecule has 4 aliphatic rings. The van der Waals surface area contributed by atoms with E-state index < -0.39 is 0 Å². The fourth-order valence-electron chi connectivity index (χ4n) is 6.82.